The normalized spacial score (nSPS) is 15.5. The Balaban J connectivity index is 1.65. The molecule has 1 amide bonds. The Bertz CT molecular complexity index is 1030. The van der Waals surface area contributed by atoms with E-state index in [0.29, 0.717) is 36.3 Å². The second kappa shape index (κ2) is 7.40. The topological polar surface area (TPSA) is 83.0 Å². The van der Waals surface area contributed by atoms with Crippen LogP contribution in [0, 0.1) is 12.7 Å². The number of likely N-dealkylation sites (N-methyl/N-ethyl adjacent to an activating group) is 1. The summed E-state index contributed by atoms with van der Waals surface area (Å²) in [5.41, 5.74) is 1.82. The van der Waals surface area contributed by atoms with Gasteiger partial charge in [0, 0.05) is 30.2 Å². The van der Waals surface area contributed by atoms with Crippen molar-refractivity contribution in [2.45, 2.75) is 25.9 Å². The highest BCUT2D eigenvalue weighted by atomic mass is 32.1. The predicted molar refractivity (Wildman–Crippen MR) is 107 cm³/mol. The van der Waals surface area contributed by atoms with Crippen LogP contribution in [0.3, 0.4) is 0 Å². The van der Waals surface area contributed by atoms with Gasteiger partial charge in [0.1, 0.15) is 5.82 Å². The molecule has 0 bridgehead atoms. The summed E-state index contributed by atoms with van der Waals surface area (Å²) in [6.07, 6.45) is 2.76. The van der Waals surface area contributed by atoms with Gasteiger partial charge in [-0.15, -0.1) is 11.3 Å². The molecule has 1 aliphatic heterocycles. The number of anilines is 1. The van der Waals surface area contributed by atoms with Gasteiger partial charge in [0.15, 0.2) is 5.69 Å². The lowest BCUT2D eigenvalue weighted by atomic mass is 10.1. The smallest absolute Gasteiger partial charge is 0.274 e. The maximum atomic E-state index is 13.5. The third-order valence-corrected chi connectivity index (χ3v) is 5.89. The van der Waals surface area contributed by atoms with Crippen molar-refractivity contribution < 1.29 is 9.18 Å². The second-order valence-corrected chi connectivity index (χ2v) is 8.22. The number of hydrogen-bond donors (Lipinski definition) is 2. The van der Waals surface area contributed by atoms with Crippen LogP contribution in [0.5, 0.6) is 0 Å². The Kier molecular flexibility index (Phi) is 4.94. The first-order valence-electron chi connectivity index (χ1n) is 9.06. The highest BCUT2D eigenvalue weighted by Crippen LogP contribution is 2.29. The average Bonchev–Trinajstić information content (AvgIpc) is 3.00. The minimum absolute atomic E-state index is 0.0936. The van der Waals surface area contributed by atoms with Crippen LogP contribution < -0.4 is 10.6 Å². The van der Waals surface area contributed by atoms with Crippen molar-refractivity contribution in [1.82, 2.24) is 25.2 Å². The first kappa shape index (κ1) is 18.7. The van der Waals surface area contributed by atoms with E-state index < -0.39 is 5.82 Å². The molecule has 0 aliphatic carbocycles. The van der Waals surface area contributed by atoms with E-state index in [1.54, 1.807) is 11.1 Å². The highest BCUT2D eigenvalue weighted by molar-refractivity contribution is 7.19. The molecule has 3 aromatic rings. The van der Waals surface area contributed by atoms with Gasteiger partial charge in [-0.1, -0.05) is 0 Å². The van der Waals surface area contributed by atoms with Crippen LogP contribution in [-0.4, -0.2) is 51.9 Å². The van der Waals surface area contributed by atoms with Gasteiger partial charge in [0.25, 0.3) is 5.91 Å². The van der Waals surface area contributed by atoms with Gasteiger partial charge in [-0.3, -0.25) is 9.78 Å². The number of pyridine rings is 1. The summed E-state index contributed by atoms with van der Waals surface area (Å²) in [5, 5.41) is 6.34. The van der Waals surface area contributed by atoms with E-state index in [0.717, 1.165) is 21.3 Å². The number of rotatable bonds is 5. The number of thiophene rings is 1. The summed E-state index contributed by atoms with van der Waals surface area (Å²) >= 11 is 1.52. The summed E-state index contributed by atoms with van der Waals surface area (Å²) in [4.78, 5) is 28.8. The van der Waals surface area contributed by atoms with Gasteiger partial charge in [-0.05, 0) is 38.6 Å². The summed E-state index contributed by atoms with van der Waals surface area (Å²) in [5.74, 6) is -0.149. The number of carbonyl (C=O) groups is 1. The van der Waals surface area contributed by atoms with Gasteiger partial charge in [0.2, 0.25) is 5.95 Å². The molecule has 0 aromatic carbocycles. The minimum Gasteiger partial charge on any atom is -0.348 e. The van der Waals surface area contributed by atoms with Gasteiger partial charge >= 0.3 is 0 Å². The van der Waals surface area contributed by atoms with Crippen molar-refractivity contribution in [2.75, 3.05) is 25.5 Å². The maximum absolute atomic E-state index is 13.5. The fourth-order valence-corrected chi connectivity index (χ4v) is 4.11. The summed E-state index contributed by atoms with van der Waals surface area (Å²) in [7, 11) is 1.89. The Morgan fingerprint density at radius 3 is 2.82 bits per heavy atom. The lowest BCUT2D eigenvalue weighted by Gasteiger charge is -2.38. The highest BCUT2D eigenvalue weighted by Gasteiger charge is 2.32. The number of carbonyl (C=O) groups excluding carboxylic acids is 1. The number of nitrogens with zero attached hydrogens (tertiary/aromatic N) is 4. The van der Waals surface area contributed by atoms with Crippen molar-refractivity contribution in [3.8, 4) is 0 Å². The molecule has 4 rings (SSSR count). The van der Waals surface area contributed by atoms with E-state index in [-0.39, 0.29) is 11.9 Å². The standard InChI is InChI=1S/C19H21FN6OS/c1-10-4-15-17(28-10)16(18(27)26-8-14(9-26)21-3)25-19(24-15)23-11(2)12-5-13(20)7-22-6-12/h4-7,11,14,21H,8-9H2,1-3H3,(H,23,24,25)/t11-/m0/s1. The number of aryl methyl sites for hydroxylation is 1. The maximum Gasteiger partial charge on any atom is 0.274 e. The van der Waals surface area contributed by atoms with Crippen LogP contribution in [0.25, 0.3) is 10.2 Å². The van der Waals surface area contributed by atoms with Crippen molar-refractivity contribution in [3.05, 3.63) is 46.5 Å². The van der Waals surface area contributed by atoms with Crippen molar-refractivity contribution in [1.29, 1.82) is 0 Å². The SMILES string of the molecule is CNC1CN(C(=O)c2nc(N[C@@H](C)c3cncc(F)c3)nc3cc(C)sc23)C1. The van der Waals surface area contributed by atoms with Gasteiger partial charge < -0.3 is 15.5 Å². The lowest BCUT2D eigenvalue weighted by Crippen LogP contribution is -2.59. The van der Waals surface area contributed by atoms with Gasteiger partial charge in [-0.25, -0.2) is 14.4 Å². The van der Waals surface area contributed by atoms with E-state index >= 15 is 0 Å². The number of halogens is 1. The third kappa shape index (κ3) is 3.55. The Hall–Kier alpha value is -2.65. The molecule has 0 spiro atoms. The first-order valence-corrected chi connectivity index (χ1v) is 9.88. The quantitative estimate of drug-likeness (QED) is 0.685. The van der Waals surface area contributed by atoms with E-state index in [1.165, 1.54) is 17.4 Å². The summed E-state index contributed by atoms with van der Waals surface area (Å²) < 4.78 is 14.3. The molecule has 7 nitrogen and oxygen atoms in total. The molecular weight excluding hydrogens is 379 g/mol. The molecule has 146 valence electrons. The van der Waals surface area contributed by atoms with Crippen LogP contribution >= 0.6 is 11.3 Å². The van der Waals surface area contributed by atoms with E-state index in [1.807, 2.05) is 27.0 Å². The first-order chi connectivity index (χ1) is 13.4. The number of aromatic nitrogens is 3. The second-order valence-electron chi connectivity index (χ2n) is 6.97. The van der Waals surface area contributed by atoms with Crippen LogP contribution in [0.2, 0.25) is 0 Å². The van der Waals surface area contributed by atoms with Crippen molar-refractivity contribution in [2.24, 2.45) is 0 Å². The van der Waals surface area contributed by atoms with Crippen LogP contribution in [0.1, 0.15) is 33.9 Å². The predicted octanol–water partition coefficient (Wildman–Crippen LogP) is 2.75. The largest absolute Gasteiger partial charge is 0.348 e. The van der Waals surface area contributed by atoms with Crippen molar-refractivity contribution >= 4 is 33.4 Å². The molecule has 28 heavy (non-hydrogen) atoms. The Morgan fingerprint density at radius 1 is 1.32 bits per heavy atom. The zero-order valence-electron chi connectivity index (χ0n) is 15.9. The molecule has 1 aliphatic rings. The molecule has 9 heteroatoms. The molecule has 1 fully saturated rings. The van der Waals surface area contributed by atoms with E-state index in [2.05, 4.69) is 25.6 Å². The van der Waals surface area contributed by atoms with Crippen LogP contribution in [0.4, 0.5) is 10.3 Å². The molecule has 2 N–H and O–H groups in total. The zero-order valence-corrected chi connectivity index (χ0v) is 16.7. The molecule has 4 heterocycles. The molecule has 0 radical (unpaired) electrons. The van der Waals surface area contributed by atoms with E-state index in [4.69, 9.17) is 0 Å². The summed E-state index contributed by atoms with van der Waals surface area (Å²) in [6, 6.07) is 3.43. The van der Waals surface area contributed by atoms with Crippen molar-refractivity contribution in [3.63, 3.8) is 0 Å². The fraction of sp³-hybridized carbons (Fsp3) is 0.368. The Labute approximate surface area is 166 Å². The number of likely N-dealkylation sites (tertiary alicyclic amines) is 1. The number of nitrogens with one attached hydrogen (secondary N) is 2. The summed E-state index contributed by atoms with van der Waals surface area (Å²) in [6.45, 7) is 5.19. The van der Waals surface area contributed by atoms with E-state index in [9.17, 15) is 9.18 Å². The third-order valence-electron chi connectivity index (χ3n) is 4.85. The fourth-order valence-electron chi connectivity index (χ4n) is 3.18. The number of amides is 1. The average molecular weight is 400 g/mol. The zero-order chi connectivity index (χ0) is 19.8. The number of fused-ring (bicyclic) bond motifs is 1. The van der Waals surface area contributed by atoms with Gasteiger partial charge in [0.05, 0.1) is 22.5 Å². The minimum atomic E-state index is -0.399. The lowest BCUT2D eigenvalue weighted by molar-refractivity contribution is 0.0573. The molecule has 3 aromatic heterocycles. The molecule has 1 atom stereocenters. The molecule has 1 saturated heterocycles. The molecular formula is C19H21FN6OS. The molecule has 0 unspecified atom stereocenters. The monoisotopic (exact) mass is 400 g/mol. The number of hydrogen-bond acceptors (Lipinski definition) is 7. The Morgan fingerprint density at radius 2 is 2.11 bits per heavy atom. The molecule has 0 saturated carbocycles. The van der Waals surface area contributed by atoms with Gasteiger partial charge in [-0.2, -0.15) is 0 Å². The van der Waals surface area contributed by atoms with Crippen LogP contribution in [-0.2, 0) is 0 Å². The van der Waals surface area contributed by atoms with Crippen LogP contribution in [0.15, 0.2) is 24.5 Å².